The molecule has 3 rings (SSSR count). The molecule has 150 valence electrons. The summed E-state index contributed by atoms with van der Waals surface area (Å²) < 4.78 is 50.7. The molecule has 0 fully saturated rings. The number of pyridine rings is 1. The van der Waals surface area contributed by atoms with Gasteiger partial charge in [-0.2, -0.15) is 13.2 Å². The number of hydrogen-bond donors (Lipinski definition) is 3. The van der Waals surface area contributed by atoms with Gasteiger partial charge >= 0.3 is 6.18 Å². The van der Waals surface area contributed by atoms with E-state index >= 15 is 0 Å². The number of anilines is 2. The van der Waals surface area contributed by atoms with Crippen LogP contribution in [0.5, 0.6) is 0 Å². The van der Waals surface area contributed by atoms with Crippen LogP contribution >= 0.6 is 11.6 Å². The number of aromatic nitrogens is 3. The molecule has 1 amide bonds. The predicted octanol–water partition coefficient (Wildman–Crippen LogP) is 2.70. The monoisotopic (exact) mass is 418 g/mol. The van der Waals surface area contributed by atoms with Crippen molar-refractivity contribution < 1.29 is 22.4 Å². The van der Waals surface area contributed by atoms with E-state index in [0.29, 0.717) is 17.4 Å². The first kappa shape index (κ1) is 20.1. The summed E-state index contributed by atoms with van der Waals surface area (Å²) in [5, 5.41) is 7.69. The van der Waals surface area contributed by atoms with Gasteiger partial charge in [0.25, 0.3) is 0 Å². The van der Waals surface area contributed by atoms with Gasteiger partial charge in [-0.25, -0.2) is 19.3 Å². The SMILES string of the molecule is C[C@@H](Nc1nc(C2CNc3ncc(Cl)cc32)ncc1F)C(=O)NCC(F)(F)F. The maximum atomic E-state index is 14.1. The molecule has 3 heterocycles. The number of alkyl halides is 3. The zero-order valence-corrected chi connectivity index (χ0v) is 15.2. The molecule has 0 radical (unpaired) electrons. The zero-order chi connectivity index (χ0) is 20.5. The molecule has 2 atom stereocenters. The van der Waals surface area contributed by atoms with Crippen LogP contribution in [-0.4, -0.2) is 46.2 Å². The molecule has 7 nitrogen and oxygen atoms in total. The lowest BCUT2D eigenvalue weighted by molar-refractivity contribution is -0.138. The van der Waals surface area contributed by atoms with E-state index in [4.69, 9.17) is 11.6 Å². The topological polar surface area (TPSA) is 91.8 Å². The third-order valence-corrected chi connectivity index (χ3v) is 4.22. The summed E-state index contributed by atoms with van der Waals surface area (Å²) in [6.07, 6.45) is -2.13. The van der Waals surface area contributed by atoms with E-state index in [1.165, 1.54) is 13.1 Å². The molecule has 0 spiro atoms. The highest BCUT2D eigenvalue weighted by atomic mass is 35.5. The molecule has 1 aliphatic heterocycles. The summed E-state index contributed by atoms with van der Waals surface area (Å²) in [5.41, 5.74) is 0.737. The van der Waals surface area contributed by atoms with Crippen molar-refractivity contribution in [2.75, 3.05) is 23.7 Å². The van der Waals surface area contributed by atoms with Crippen LogP contribution in [0.25, 0.3) is 0 Å². The minimum Gasteiger partial charge on any atom is -0.369 e. The first-order valence-electron chi connectivity index (χ1n) is 8.17. The van der Waals surface area contributed by atoms with E-state index in [2.05, 4.69) is 25.6 Å². The van der Waals surface area contributed by atoms with Crippen LogP contribution < -0.4 is 16.0 Å². The van der Waals surface area contributed by atoms with Crippen molar-refractivity contribution in [1.29, 1.82) is 0 Å². The minimum atomic E-state index is -4.54. The van der Waals surface area contributed by atoms with Crippen molar-refractivity contribution >= 4 is 29.1 Å². The van der Waals surface area contributed by atoms with Crippen molar-refractivity contribution in [3.05, 3.63) is 40.7 Å². The summed E-state index contributed by atoms with van der Waals surface area (Å²) in [7, 11) is 0. The quantitative estimate of drug-likeness (QED) is 0.647. The highest BCUT2D eigenvalue weighted by Crippen LogP contribution is 2.35. The Bertz CT molecular complexity index is 894. The highest BCUT2D eigenvalue weighted by molar-refractivity contribution is 6.30. The molecule has 0 aliphatic carbocycles. The molecule has 28 heavy (non-hydrogen) atoms. The molecular weight excluding hydrogens is 404 g/mol. The molecular formula is C16H15ClF4N6O. The fourth-order valence-corrected chi connectivity index (χ4v) is 2.83. The Morgan fingerprint density at radius 2 is 2.14 bits per heavy atom. The lowest BCUT2D eigenvalue weighted by Crippen LogP contribution is -2.42. The third kappa shape index (κ3) is 4.58. The molecule has 2 aromatic heterocycles. The van der Waals surface area contributed by atoms with Gasteiger partial charge in [0, 0.05) is 18.3 Å². The standard InChI is InChI=1S/C16H15ClF4N6O/c1-7(15(28)25-6-16(19,20)21)26-14-11(18)5-24-13(27-14)10-4-23-12-9(10)2-8(17)3-22-12/h2-3,5,7,10H,4,6H2,1H3,(H,22,23)(H,25,28)(H,24,26,27)/t7-,10?/m1/s1. The fraction of sp³-hybridized carbons (Fsp3) is 0.375. The number of carbonyl (C=O) groups is 1. The summed E-state index contributed by atoms with van der Waals surface area (Å²) in [6, 6.07) is 0.548. The van der Waals surface area contributed by atoms with Gasteiger partial charge in [0.2, 0.25) is 5.91 Å². The smallest absolute Gasteiger partial charge is 0.369 e. The van der Waals surface area contributed by atoms with Crippen molar-refractivity contribution in [2.45, 2.75) is 25.1 Å². The number of carbonyl (C=O) groups excluding carboxylic acids is 1. The van der Waals surface area contributed by atoms with Crippen molar-refractivity contribution in [1.82, 2.24) is 20.3 Å². The second-order valence-corrected chi connectivity index (χ2v) is 6.59. The second kappa shape index (κ2) is 7.74. The number of halogens is 5. The molecule has 1 aliphatic rings. The number of nitrogens with zero attached hydrogens (tertiary/aromatic N) is 3. The van der Waals surface area contributed by atoms with Crippen LogP contribution in [0, 0.1) is 5.82 Å². The first-order valence-corrected chi connectivity index (χ1v) is 8.54. The summed E-state index contributed by atoms with van der Waals surface area (Å²) in [4.78, 5) is 24.0. The highest BCUT2D eigenvalue weighted by Gasteiger charge is 2.30. The Balaban J connectivity index is 1.76. The maximum absolute atomic E-state index is 14.1. The average molecular weight is 419 g/mol. The second-order valence-electron chi connectivity index (χ2n) is 6.15. The van der Waals surface area contributed by atoms with Gasteiger partial charge in [0.15, 0.2) is 11.6 Å². The van der Waals surface area contributed by atoms with E-state index in [-0.39, 0.29) is 17.6 Å². The molecule has 0 aromatic carbocycles. The van der Waals surface area contributed by atoms with E-state index in [0.717, 1.165) is 11.8 Å². The Morgan fingerprint density at radius 3 is 2.86 bits per heavy atom. The van der Waals surface area contributed by atoms with Crippen LogP contribution in [0.1, 0.15) is 24.2 Å². The number of fused-ring (bicyclic) bond motifs is 1. The lowest BCUT2D eigenvalue weighted by Gasteiger charge is -2.17. The van der Waals surface area contributed by atoms with Gasteiger partial charge < -0.3 is 16.0 Å². The number of hydrogen-bond acceptors (Lipinski definition) is 6. The lowest BCUT2D eigenvalue weighted by atomic mass is 10.0. The Morgan fingerprint density at radius 1 is 1.39 bits per heavy atom. The minimum absolute atomic E-state index is 0.252. The van der Waals surface area contributed by atoms with Crippen LogP contribution in [-0.2, 0) is 4.79 Å². The maximum Gasteiger partial charge on any atom is 0.405 e. The molecule has 3 N–H and O–H groups in total. The van der Waals surface area contributed by atoms with Gasteiger partial charge in [-0.1, -0.05) is 11.6 Å². The molecule has 12 heteroatoms. The van der Waals surface area contributed by atoms with Crippen LogP contribution in [0.4, 0.5) is 29.2 Å². The third-order valence-electron chi connectivity index (χ3n) is 4.02. The van der Waals surface area contributed by atoms with E-state index < -0.39 is 30.5 Å². The fourth-order valence-electron chi connectivity index (χ4n) is 2.67. The molecule has 0 saturated carbocycles. The van der Waals surface area contributed by atoms with Crippen LogP contribution in [0.2, 0.25) is 5.02 Å². The number of nitrogens with one attached hydrogen (secondary N) is 3. The van der Waals surface area contributed by atoms with E-state index in [1.54, 1.807) is 11.4 Å². The van der Waals surface area contributed by atoms with Crippen molar-refractivity contribution in [2.24, 2.45) is 0 Å². The van der Waals surface area contributed by atoms with Gasteiger partial charge in [0.05, 0.1) is 17.1 Å². The van der Waals surface area contributed by atoms with Gasteiger partial charge in [-0.15, -0.1) is 0 Å². The molecule has 0 saturated heterocycles. The summed E-state index contributed by atoms with van der Waals surface area (Å²) >= 11 is 5.97. The Kier molecular flexibility index (Phi) is 5.54. The van der Waals surface area contributed by atoms with E-state index in [9.17, 15) is 22.4 Å². The predicted molar refractivity (Wildman–Crippen MR) is 93.7 cm³/mol. The van der Waals surface area contributed by atoms with Crippen LogP contribution in [0.15, 0.2) is 18.5 Å². The average Bonchev–Trinajstić information content (AvgIpc) is 3.03. The zero-order valence-electron chi connectivity index (χ0n) is 14.4. The normalized spacial score (nSPS) is 16.9. The number of rotatable bonds is 5. The first-order chi connectivity index (χ1) is 13.1. The van der Waals surface area contributed by atoms with Gasteiger partial charge in [-0.05, 0) is 13.0 Å². The Labute approximate surface area is 161 Å². The Hall–Kier alpha value is -2.69. The van der Waals surface area contributed by atoms with Gasteiger partial charge in [-0.3, -0.25) is 4.79 Å². The molecule has 2 aromatic rings. The summed E-state index contributed by atoms with van der Waals surface area (Å²) in [6.45, 7) is 0.228. The number of amides is 1. The van der Waals surface area contributed by atoms with Crippen molar-refractivity contribution in [3.63, 3.8) is 0 Å². The molecule has 0 bridgehead atoms. The van der Waals surface area contributed by atoms with Crippen molar-refractivity contribution in [3.8, 4) is 0 Å². The van der Waals surface area contributed by atoms with E-state index in [1.807, 2.05) is 0 Å². The summed E-state index contributed by atoms with van der Waals surface area (Å²) in [5.74, 6) is -1.56. The van der Waals surface area contributed by atoms with Gasteiger partial charge in [0.1, 0.15) is 24.2 Å². The van der Waals surface area contributed by atoms with Crippen LogP contribution in [0.3, 0.4) is 0 Å². The molecule has 1 unspecified atom stereocenters. The largest absolute Gasteiger partial charge is 0.405 e.